The quantitative estimate of drug-likeness (QED) is 0.800. The number of likely N-dealkylation sites (tertiary alicyclic amines) is 1. The third-order valence-electron chi connectivity index (χ3n) is 6.13. The summed E-state index contributed by atoms with van der Waals surface area (Å²) in [5.74, 6) is 0.380. The first-order valence-corrected chi connectivity index (χ1v) is 10.1. The Labute approximate surface area is 165 Å². The number of hydrogen-bond donors (Lipinski definition) is 0. The van der Waals surface area contributed by atoms with Crippen LogP contribution in [0.5, 0.6) is 0 Å². The summed E-state index contributed by atoms with van der Waals surface area (Å²) in [4.78, 5) is 18.9. The lowest BCUT2D eigenvalue weighted by atomic mass is 9.77. The predicted molar refractivity (Wildman–Crippen MR) is 106 cm³/mol. The van der Waals surface area contributed by atoms with Gasteiger partial charge in [-0.05, 0) is 74.8 Å². The summed E-state index contributed by atoms with van der Waals surface area (Å²) in [6.07, 6.45) is 6.26. The first-order valence-electron chi connectivity index (χ1n) is 10.1. The number of halogens is 1. The number of rotatable bonds is 3. The maximum atomic E-state index is 13.5. The molecular formula is C23H27FN2O2. The Bertz CT molecular complexity index is 829. The molecule has 148 valence electrons. The molecule has 2 aliphatic heterocycles. The van der Waals surface area contributed by atoms with Crippen LogP contribution in [0, 0.1) is 18.7 Å². The minimum atomic E-state index is -0.170. The number of hydrogen-bond acceptors (Lipinski definition) is 3. The van der Waals surface area contributed by atoms with E-state index in [0.29, 0.717) is 24.6 Å². The molecule has 1 unspecified atom stereocenters. The number of aromatic nitrogens is 1. The molecule has 2 fully saturated rings. The molecule has 1 aromatic heterocycles. The van der Waals surface area contributed by atoms with E-state index in [2.05, 4.69) is 4.98 Å². The van der Waals surface area contributed by atoms with Crippen molar-refractivity contribution in [1.29, 1.82) is 0 Å². The zero-order valence-corrected chi connectivity index (χ0v) is 16.4. The number of carbonyl (C=O) groups is 1. The minimum absolute atomic E-state index is 0.0504. The van der Waals surface area contributed by atoms with E-state index in [4.69, 9.17) is 4.74 Å². The molecule has 0 N–H and O–H groups in total. The maximum Gasteiger partial charge on any atom is 0.255 e. The molecule has 1 atom stereocenters. The second-order valence-corrected chi connectivity index (χ2v) is 8.20. The van der Waals surface area contributed by atoms with Gasteiger partial charge in [0.1, 0.15) is 5.82 Å². The van der Waals surface area contributed by atoms with Crippen LogP contribution in [0.4, 0.5) is 4.39 Å². The van der Waals surface area contributed by atoms with E-state index in [1.807, 2.05) is 30.0 Å². The Hall–Kier alpha value is -2.27. The van der Waals surface area contributed by atoms with Crippen molar-refractivity contribution in [1.82, 2.24) is 9.88 Å². The number of benzene rings is 1. The third kappa shape index (κ3) is 4.25. The Balaban J connectivity index is 1.36. The van der Waals surface area contributed by atoms with Gasteiger partial charge in [0.25, 0.3) is 5.91 Å². The van der Waals surface area contributed by atoms with Gasteiger partial charge in [0, 0.05) is 31.6 Å². The Morgan fingerprint density at radius 2 is 2.11 bits per heavy atom. The SMILES string of the molecule is Cc1ccc(C(=O)N2CCC3(CC2)CC(Cc2cccc(F)c2)CCO3)cn1. The third-order valence-corrected chi connectivity index (χ3v) is 6.13. The van der Waals surface area contributed by atoms with Crippen LogP contribution in [0.3, 0.4) is 0 Å². The fourth-order valence-electron chi connectivity index (χ4n) is 4.54. The van der Waals surface area contributed by atoms with Crippen molar-refractivity contribution in [2.24, 2.45) is 5.92 Å². The van der Waals surface area contributed by atoms with Crippen molar-refractivity contribution in [2.75, 3.05) is 19.7 Å². The van der Waals surface area contributed by atoms with Gasteiger partial charge in [-0.1, -0.05) is 12.1 Å². The van der Waals surface area contributed by atoms with Crippen LogP contribution in [0.15, 0.2) is 42.6 Å². The summed E-state index contributed by atoms with van der Waals surface area (Å²) >= 11 is 0. The number of carbonyl (C=O) groups excluding carboxylic acids is 1. The van der Waals surface area contributed by atoms with Crippen LogP contribution < -0.4 is 0 Å². The molecule has 1 spiro atoms. The number of nitrogens with zero attached hydrogens (tertiary/aromatic N) is 2. The van der Waals surface area contributed by atoms with Gasteiger partial charge in [-0.2, -0.15) is 0 Å². The van der Waals surface area contributed by atoms with Gasteiger partial charge in [-0.3, -0.25) is 9.78 Å². The number of piperidine rings is 1. The van der Waals surface area contributed by atoms with E-state index in [1.54, 1.807) is 18.3 Å². The number of amides is 1. The Morgan fingerprint density at radius 3 is 2.82 bits per heavy atom. The van der Waals surface area contributed by atoms with E-state index in [0.717, 1.165) is 50.0 Å². The molecule has 1 aromatic carbocycles. The molecular weight excluding hydrogens is 355 g/mol. The second-order valence-electron chi connectivity index (χ2n) is 8.20. The topological polar surface area (TPSA) is 42.4 Å². The van der Waals surface area contributed by atoms with Crippen LogP contribution in [0.2, 0.25) is 0 Å². The van der Waals surface area contributed by atoms with Gasteiger partial charge in [-0.25, -0.2) is 4.39 Å². The van der Waals surface area contributed by atoms with Crippen molar-refractivity contribution in [3.05, 3.63) is 65.2 Å². The highest BCUT2D eigenvalue weighted by Crippen LogP contribution is 2.39. The summed E-state index contributed by atoms with van der Waals surface area (Å²) < 4.78 is 19.7. The lowest BCUT2D eigenvalue weighted by Crippen LogP contribution is -2.51. The molecule has 0 bridgehead atoms. The molecule has 1 amide bonds. The van der Waals surface area contributed by atoms with E-state index in [1.165, 1.54) is 6.07 Å². The van der Waals surface area contributed by atoms with Crippen LogP contribution in [0.25, 0.3) is 0 Å². The zero-order chi connectivity index (χ0) is 19.6. The molecule has 5 heteroatoms. The Kier molecular flexibility index (Phi) is 5.44. The van der Waals surface area contributed by atoms with Gasteiger partial charge in [0.2, 0.25) is 0 Å². The van der Waals surface area contributed by atoms with Gasteiger partial charge in [0.05, 0.1) is 11.2 Å². The summed E-state index contributed by atoms with van der Waals surface area (Å²) in [6, 6.07) is 10.6. The molecule has 2 saturated heterocycles. The summed E-state index contributed by atoms with van der Waals surface area (Å²) in [7, 11) is 0. The lowest BCUT2D eigenvalue weighted by Gasteiger charge is -2.46. The first-order chi connectivity index (χ1) is 13.5. The molecule has 0 aliphatic carbocycles. The Morgan fingerprint density at radius 1 is 1.29 bits per heavy atom. The average molecular weight is 382 g/mol. The number of ether oxygens (including phenoxy) is 1. The van der Waals surface area contributed by atoms with Crippen molar-refractivity contribution >= 4 is 5.91 Å². The molecule has 3 heterocycles. The van der Waals surface area contributed by atoms with Gasteiger partial charge >= 0.3 is 0 Å². The molecule has 0 radical (unpaired) electrons. The number of pyridine rings is 1. The van der Waals surface area contributed by atoms with Crippen LogP contribution in [0.1, 0.15) is 47.3 Å². The van der Waals surface area contributed by atoms with E-state index in [9.17, 15) is 9.18 Å². The second kappa shape index (κ2) is 8.00. The van der Waals surface area contributed by atoms with Gasteiger partial charge < -0.3 is 9.64 Å². The van der Waals surface area contributed by atoms with E-state index >= 15 is 0 Å². The van der Waals surface area contributed by atoms with Crippen LogP contribution in [-0.4, -0.2) is 41.1 Å². The minimum Gasteiger partial charge on any atom is -0.375 e. The van der Waals surface area contributed by atoms with Crippen molar-refractivity contribution in [2.45, 2.75) is 44.6 Å². The normalized spacial score (nSPS) is 21.6. The zero-order valence-electron chi connectivity index (χ0n) is 16.4. The van der Waals surface area contributed by atoms with Crippen LogP contribution in [-0.2, 0) is 11.2 Å². The summed E-state index contributed by atoms with van der Waals surface area (Å²) in [5, 5.41) is 0. The highest BCUT2D eigenvalue weighted by molar-refractivity contribution is 5.94. The number of aryl methyl sites for hydroxylation is 1. The molecule has 4 nitrogen and oxygen atoms in total. The maximum absolute atomic E-state index is 13.5. The fourth-order valence-corrected chi connectivity index (χ4v) is 4.54. The standard InChI is InChI=1S/C23H27FN2O2/c1-17-5-6-20(16-25-17)22(27)26-10-8-23(9-11-26)15-19(7-12-28-23)13-18-3-2-4-21(24)14-18/h2-6,14,16,19H,7-13,15H2,1H3. The molecule has 4 rings (SSSR count). The first kappa shape index (κ1) is 19.1. The summed E-state index contributed by atoms with van der Waals surface area (Å²) in [6.45, 7) is 4.08. The van der Waals surface area contributed by atoms with E-state index < -0.39 is 0 Å². The predicted octanol–water partition coefficient (Wildman–Crippen LogP) is 4.17. The van der Waals surface area contributed by atoms with E-state index in [-0.39, 0.29) is 17.3 Å². The lowest BCUT2D eigenvalue weighted by molar-refractivity contribution is -0.123. The monoisotopic (exact) mass is 382 g/mol. The van der Waals surface area contributed by atoms with Gasteiger partial charge in [-0.15, -0.1) is 0 Å². The molecule has 28 heavy (non-hydrogen) atoms. The fraction of sp³-hybridized carbons (Fsp3) is 0.478. The van der Waals surface area contributed by atoms with Crippen molar-refractivity contribution < 1.29 is 13.9 Å². The van der Waals surface area contributed by atoms with Gasteiger partial charge in [0.15, 0.2) is 0 Å². The molecule has 2 aromatic rings. The molecule has 2 aliphatic rings. The largest absolute Gasteiger partial charge is 0.375 e. The van der Waals surface area contributed by atoms with Crippen molar-refractivity contribution in [3.8, 4) is 0 Å². The smallest absolute Gasteiger partial charge is 0.255 e. The highest BCUT2D eigenvalue weighted by Gasteiger charge is 2.41. The summed E-state index contributed by atoms with van der Waals surface area (Å²) in [5.41, 5.74) is 2.48. The van der Waals surface area contributed by atoms with Crippen molar-refractivity contribution in [3.63, 3.8) is 0 Å². The molecule has 0 saturated carbocycles. The highest BCUT2D eigenvalue weighted by atomic mass is 19.1. The average Bonchev–Trinajstić information content (AvgIpc) is 2.69. The van der Waals surface area contributed by atoms with Crippen LogP contribution >= 0.6 is 0 Å².